The Hall–Kier alpha value is -4.52. The van der Waals surface area contributed by atoms with E-state index in [0.717, 1.165) is 0 Å². The lowest BCUT2D eigenvalue weighted by Gasteiger charge is -2.25. The largest absolute Gasteiger partial charge is 0.464 e. The Kier molecular flexibility index (Phi) is 4.23. The minimum atomic E-state index is -0.678. The fourth-order valence-corrected chi connectivity index (χ4v) is 4.32. The van der Waals surface area contributed by atoms with Gasteiger partial charge < -0.3 is 13.9 Å². The number of rotatable bonds is 2. The predicted molar refractivity (Wildman–Crippen MR) is 118 cm³/mol. The molecule has 2 aromatic heterocycles. The Morgan fingerprint density at radius 3 is 2.70 bits per heavy atom. The Labute approximate surface area is 186 Å². The molecule has 0 saturated heterocycles. The summed E-state index contributed by atoms with van der Waals surface area (Å²) in [6, 6.07) is 13.6. The summed E-state index contributed by atoms with van der Waals surface area (Å²) in [5, 5.41) is 0.414. The number of Topliss-reactive ketones (excluding diaryl/α,β-unsaturated/α-hetero) is 1. The zero-order valence-corrected chi connectivity index (χ0v) is 17.1. The van der Waals surface area contributed by atoms with Crippen LogP contribution in [0, 0.1) is 0 Å². The molecule has 4 aromatic rings. The monoisotopic (exact) mass is 437 g/mol. The minimum Gasteiger partial charge on any atom is -0.464 e. The van der Waals surface area contributed by atoms with Crippen LogP contribution in [0.5, 0.6) is 11.5 Å². The summed E-state index contributed by atoms with van der Waals surface area (Å²) in [4.78, 5) is 42.7. The lowest BCUT2D eigenvalue weighted by atomic mass is 9.85. The van der Waals surface area contributed by atoms with E-state index in [-0.39, 0.29) is 34.9 Å². The summed E-state index contributed by atoms with van der Waals surface area (Å²) in [6.07, 6.45) is 6.16. The number of ketones is 1. The third-order valence-electron chi connectivity index (χ3n) is 5.84. The fourth-order valence-electron chi connectivity index (χ4n) is 4.32. The van der Waals surface area contributed by atoms with E-state index in [1.165, 1.54) is 6.26 Å². The van der Waals surface area contributed by atoms with Gasteiger partial charge in [-0.25, -0.2) is 0 Å². The lowest BCUT2D eigenvalue weighted by Crippen LogP contribution is -2.25. The maximum atomic E-state index is 13.3. The topological polar surface area (TPSA) is 95.7 Å². The van der Waals surface area contributed by atoms with Gasteiger partial charge in [0.15, 0.2) is 11.2 Å². The van der Waals surface area contributed by atoms with Crippen molar-refractivity contribution in [2.45, 2.75) is 12.3 Å². The highest BCUT2D eigenvalue weighted by Gasteiger charge is 2.39. The van der Waals surface area contributed by atoms with Crippen molar-refractivity contribution in [3.63, 3.8) is 0 Å². The number of esters is 1. The molecule has 160 valence electrons. The van der Waals surface area contributed by atoms with Crippen molar-refractivity contribution in [2.75, 3.05) is 0 Å². The number of nitrogens with zero attached hydrogens (tertiary/aromatic N) is 1. The van der Waals surface area contributed by atoms with Crippen molar-refractivity contribution in [3.05, 3.63) is 105 Å². The number of para-hydroxylation sites is 1. The lowest BCUT2D eigenvalue weighted by molar-refractivity contribution is -0.135. The predicted octanol–water partition coefficient (Wildman–Crippen LogP) is 4.25. The molecule has 1 atom stereocenters. The van der Waals surface area contributed by atoms with E-state index in [2.05, 4.69) is 4.98 Å². The van der Waals surface area contributed by atoms with Crippen LogP contribution < -0.4 is 14.9 Å². The van der Waals surface area contributed by atoms with Gasteiger partial charge in [-0.1, -0.05) is 18.2 Å². The number of ether oxygens (including phenoxy) is 2. The third-order valence-corrected chi connectivity index (χ3v) is 5.84. The first kappa shape index (κ1) is 19.2. The number of benzene rings is 2. The first-order valence-electron chi connectivity index (χ1n) is 10.3. The van der Waals surface area contributed by atoms with Crippen LogP contribution in [-0.4, -0.2) is 16.7 Å². The van der Waals surface area contributed by atoms with Gasteiger partial charge in [0.1, 0.15) is 17.1 Å². The Balaban J connectivity index is 1.52. The van der Waals surface area contributed by atoms with Gasteiger partial charge in [0.2, 0.25) is 5.78 Å². The van der Waals surface area contributed by atoms with Crippen LogP contribution in [0.2, 0.25) is 0 Å². The standard InChI is InChI=1S/C26H15NO6/c28-22-11-17(18-13-31-19-6-2-1-5-15(19)24(18)29)23-20(32-22)8-7-16-25(30)21(33-26(16)23)10-14-4-3-9-27-12-14/h1-10,12-13,17H,11H2/b21-10-. The van der Waals surface area contributed by atoms with E-state index in [0.29, 0.717) is 33.2 Å². The van der Waals surface area contributed by atoms with E-state index in [4.69, 9.17) is 13.9 Å². The van der Waals surface area contributed by atoms with Crippen LogP contribution in [0.25, 0.3) is 17.0 Å². The highest BCUT2D eigenvalue weighted by Crippen LogP contribution is 2.48. The van der Waals surface area contributed by atoms with Crippen molar-refractivity contribution < 1.29 is 23.5 Å². The zero-order chi connectivity index (χ0) is 22.5. The minimum absolute atomic E-state index is 0.0776. The molecule has 2 aliphatic rings. The van der Waals surface area contributed by atoms with Gasteiger partial charge in [-0.05, 0) is 42.0 Å². The van der Waals surface area contributed by atoms with Crippen LogP contribution in [0.4, 0.5) is 0 Å². The molecule has 0 radical (unpaired) electrons. The molecular formula is C26H15NO6. The van der Waals surface area contributed by atoms with E-state index < -0.39 is 11.9 Å². The number of carbonyl (C=O) groups excluding carboxylic acids is 2. The van der Waals surface area contributed by atoms with Gasteiger partial charge in [0.05, 0.1) is 23.6 Å². The molecule has 7 heteroatoms. The van der Waals surface area contributed by atoms with Gasteiger partial charge in [-0.3, -0.25) is 19.4 Å². The highest BCUT2D eigenvalue weighted by molar-refractivity contribution is 6.15. The molecule has 4 heterocycles. The third kappa shape index (κ3) is 3.05. The first-order valence-corrected chi connectivity index (χ1v) is 10.3. The van der Waals surface area contributed by atoms with Crippen LogP contribution in [0.15, 0.2) is 82.2 Å². The van der Waals surface area contributed by atoms with Crippen LogP contribution in [0.1, 0.15) is 39.4 Å². The van der Waals surface area contributed by atoms with Crippen molar-refractivity contribution >= 4 is 28.8 Å². The molecule has 33 heavy (non-hydrogen) atoms. The van der Waals surface area contributed by atoms with Crippen molar-refractivity contribution in [2.24, 2.45) is 0 Å². The molecular weight excluding hydrogens is 422 g/mol. The molecule has 0 bridgehead atoms. The molecule has 2 aliphatic heterocycles. The molecule has 0 spiro atoms. The highest BCUT2D eigenvalue weighted by atomic mass is 16.5. The number of aromatic nitrogens is 1. The second-order valence-corrected chi connectivity index (χ2v) is 7.83. The van der Waals surface area contributed by atoms with Crippen molar-refractivity contribution in [1.82, 2.24) is 4.98 Å². The zero-order valence-electron chi connectivity index (χ0n) is 17.1. The Morgan fingerprint density at radius 1 is 0.970 bits per heavy atom. The van der Waals surface area contributed by atoms with Crippen molar-refractivity contribution in [1.29, 1.82) is 0 Å². The number of allylic oxidation sites excluding steroid dienone is 1. The van der Waals surface area contributed by atoms with E-state index in [1.807, 2.05) is 0 Å². The van der Waals surface area contributed by atoms with E-state index in [9.17, 15) is 14.4 Å². The molecule has 0 aliphatic carbocycles. The second-order valence-electron chi connectivity index (χ2n) is 7.83. The average Bonchev–Trinajstić information content (AvgIpc) is 3.14. The molecule has 6 rings (SSSR count). The first-order chi connectivity index (χ1) is 16.1. The summed E-state index contributed by atoms with van der Waals surface area (Å²) in [5.41, 5.74) is 2.06. The van der Waals surface area contributed by atoms with Crippen LogP contribution in [0.3, 0.4) is 0 Å². The van der Waals surface area contributed by atoms with Gasteiger partial charge in [-0.2, -0.15) is 0 Å². The summed E-state index contributed by atoms with van der Waals surface area (Å²) in [5.74, 6) is -0.765. The number of carbonyl (C=O) groups is 2. The number of pyridine rings is 1. The average molecular weight is 437 g/mol. The van der Waals surface area contributed by atoms with E-state index in [1.54, 1.807) is 67.0 Å². The molecule has 0 amide bonds. The molecule has 2 aromatic carbocycles. The van der Waals surface area contributed by atoms with Gasteiger partial charge in [0, 0.05) is 29.4 Å². The normalized spacial score (nSPS) is 18.1. The number of fused-ring (bicyclic) bond motifs is 4. The second kappa shape index (κ2) is 7.27. The van der Waals surface area contributed by atoms with E-state index >= 15 is 0 Å². The smallest absolute Gasteiger partial charge is 0.312 e. The van der Waals surface area contributed by atoms with Gasteiger partial charge in [-0.15, -0.1) is 0 Å². The Bertz CT molecular complexity index is 1550. The molecule has 7 nitrogen and oxygen atoms in total. The quantitative estimate of drug-likeness (QED) is 0.263. The molecule has 0 saturated carbocycles. The maximum absolute atomic E-state index is 13.3. The maximum Gasteiger partial charge on any atom is 0.312 e. The summed E-state index contributed by atoms with van der Waals surface area (Å²) in [7, 11) is 0. The van der Waals surface area contributed by atoms with Crippen molar-refractivity contribution in [3.8, 4) is 11.5 Å². The fraction of sp³-hybridized carbons (Fsp3) is 0.0769. The number of hydrogen-bond acceptors (Lipinski definition) is 7. The number of hydrogen-bond donors (Lipinski definition) is 0. The molecule has 1 unspecified atom stereocenters. The summed E-state index contributed by atoms with van der Waals surface area (Å²) < 4.78 is 17.1. The summed E-state index contributed by atoms with van der Waals surface area (Å²) in [6.45, 7) is 0. The summed E-state index contributed by atoms with van der Waals surface area (Å²) >= 11 is 0. The van der Waals surface area contributed by atoms with Gasteiger partial charge in [0.25, 0.3) is 0 Å². The van der Waals surface area contributed by atoms with Crippen LogP contribution in [-0.2, 0) is 4.79 Å². The van der Waals surface area contributed by atoms with Crippen LogP contribution >= 0.6 is 0 Å². The molecule has 0 fully saturated rings. The molecule has 0 N–H and O–H groups in total. The SMILES string of the molecule is O=C1CC(c2coc3ccccc3c2=O)c2c(ccc3c2O/C(=C\c2cccnc2)C3=O)O1. The van der Waals surface area contributed by atoms with Gasteiger partial charge >= 0.3 is 5.97 Å². The Morgan fingerprint density at radius 2 is 1.85 bits per heavy atom.